The van der Waals surface area contributed by atoms with Gasteiger partial charge in [-0.05, 0) is 6.42 Å². The molecule has 0 spiro atoms. The van der Waals surface area contributed by atoms with Crippen LogP contribution in [0, 0.1) is 0 Å². The predicted octanol–water partition coefficient (Wildman–Crippen LogP) is 5.42. The van der Waals surface area contributed by atoms with Crippen molar-refractivity contribution in [2.75, 3.05) is 6.61 Å². The van der Waals surface area contributed by atoms with Crippen LogP contribution in [0.25, 0.3) is 0 Å². The molecule has 0 bridgehead atoms. The molecule has 4 nitrogen and oxygen atoms in total. The Kier molecular flexibility index (Phi) is 22.8. The fourth-order valence-electron chi connectivity index (χ4n) is 2.81. The van der Waals surface area contributed by atoms with Gasteiger partial charge in [-0.25, -0.2) is 4.18 Å². The van der Waals surface area contributed by atoms with Crippen molar-refractivity contribution in [3.05, 3.63) is 0 Å². The first-order valence-corrected chi connectivity index (χ1v) is 11.0. The van der Waals surface area contributed by atoms with E-state index in [2.05, 4.69) is 11.1 Å². The van der Waals surface area contributed by atoms with Crippen molar-refractivity contribution < 1.29 is 17.2 Å². The molecule has 6 heteroatoms. The van der Waals surface area contributed by atoms with Crippen LogP contribution >= 0.6 is 0 Å². The number of hydrogen-bond acceptors (Lipinski definition) is 3. The fourth-order valence-corrected chi connectivity index (χ4v) is 3.14. The molecular weight excluding hydrogens is 335 g/mol. The Morgan fingerprint density at radius 1 is 0.625 bits per heavy atom. The molecule has 0 aromatic rings. The van der Waals surface area contributed by atoms with Gasteiger partial charge in [0.1, 0.15) is 0 Å². The van der Waals surface area contributed by atoms with Crippen molar-refractivity contribution in [2.24, 2.45) is 0 Å². The summed E-state index contributed by atoms with van der Waals surface area (Å²) in [6.45, 7) is 2.36. The summed E-state index contributed by atoms with van der Waals surface area (Å²) in [5.41, 5.74) is 0. The summed E-state index contributed by atoms with van der Waals surface area (Å²) in [4.78, 5) is 0. The van der Waals surface area contributed by atoms with Crippen molar-refractivity contribution >= 4 is 40.0 Å². The average Bonchev–Trinajstić information content (AvgIpc) is 2.49. The first kappa shape index (κ1) is 27.1. The third-order valence-electron chi connectivity index (χ3n) is 4.23. The van der Waals surface area contributed by atoms with Crippen molar-refractivity contribution in [3.63, 3.8) is 0 Å². The predicted molar refractivity (Wildman–Crippen MR) is 104 cm³/mol. The summed E-state index contributed by atoms with van der Waals surface area (Å²) < 4.78 is 33.3. The Morgan fingerprint density at radius 2 is 0.917 bits per heavy atom. The molecule has 0 aliphatic heterocycles. The van der Waals surface area contributed by atoms with Gasteiger partial charge in [-0.3, -0.25) is 4.55 Å². The topological polar surface area (TPSA) is 63.6 Å². The summed E-state index contributed by atoms with van der Waals surface area (Å²) in [6, 6.07) is 0. The zero-order chi connectivity index (χ0) is 17.2. The van der Waals surface area contributed by atoms with E-state index in [0.29, 0.717) is 6.42 Å². The molecule has 0 saturated carbocycles. The molecule has 142 valence electrons. The van der Waals surface area contributed by atoms with Crippen LogP contribution in [0.4, 0.5) is 0 Å². The fraction of sp³-hybridized carbons (Fsp3) is 1.00. The van der Waals surface area contributed by atoms with Crippen molar-refractivity contribution in [3.8, 4) is 0 Å². The number of hydrogen-bond donors (Lipinski definition) is 1. The van der Waals surface area contributed by atoms with E-state index < -0.39 is 10.4 Å². The average molecular weight is 375 g/mol. The molecule has 1 N–H and O–H groups in total. The minimum absolute atomic E-state index is 0. The second-order valence-corrected chi connectivity index (χ2v) is 7.64. The van der Waals surface area contributed by atoms with Crippen LogP contribution in [0.5, 0.6) is 0 Å². The minimum atomic E-state index is -4.24. The Morgan fingerprint density at radius 3 is 1.21 bits per heavy atom. The molecule has 0 heterocycles. The molecule has 0 aliphatic carbocycles. The van der Waals surface area contributed by atoms with Crippen molar-refractivity contribution in [2.45, 2.75) is 110 Å². The molecule has 0 saturated heterocycles. The Balaban J connectivity index is 0. The molecule has 0 fully saturated rings. The van der Waals surface area contributed by atoms with E-state index >= 15 is 0 Å². The SMILES string of the molecule is CCCCCCCCCCCCCCCCCCOS(=O)(=O)O.[NaH]. The van der Waals surface area contributed by atoms with Crippen molar-refractivity contribution in [1.29, 1.82) is 0 Å². The van der Waals surface area contributed by atoms with Gasteiger partial charge in [-0.1, -0.05) is 103 Å². The number of rotatable bonds is 18. The van der Waals surface area contributed by atoms with Gasteiger partial charge in [0.2, 0.25) is 0 Å². The summed E-state index contributed by atoms with van der Waals surface area (Å²) in [7, 11) is -4.24. The Hall–Kier alpha value is 0.870. The summed E-state index contributed by atoms with van der Waals surface area (Å²) >= 11 is 0. The van der Waals surface area contributed by atoms with Gasteiger partial charge in [0.05, 0.1) is 6.61 Å². The van der Waals surface area contributed by atoms with Gasteiger partial charge < -0.3 is 0 Å². The van der Waals surface area contributed by atoms with E-state index in [-0.39, 0.29) is 36.2 Å². The van der Waals surface area contributed by atoms with Crippen LogP contribution in [-0.2, 0) is 14.6 Å². The zero-order valence-corrected chi connectivity index (χ0v) is 15.9. The molecule has 0 amide bonds. The Bertz CT molecular complexity index is 334. The molecule has 0 atom stereocenters. The van der Waals surface area contributed by atoms with Crippen LogP contribution in [0.2, 0.25) is 0 Å². The van der Waals surface area contributed by atoms with E-state index in [9.17, 15) is 8.42 Å². The van der Waals surface area contributed by atoms with Gasteiger partial charge in [-0.2, -0.15) is 8.42 Å². The van der Waals surface area contributed by atoms with E-state index in [1.54, 1.807) is 0 Å². The summed E-state index contributed by atoms with van der Waals surface area (Å²) in [5, 5.41) is 0. The third kappa shape index (κ3) is 25.1. The van der Waals surface area contributed by atoms with Crippen LogP contribution in [0.1, 0.15) is 110 Å². The quantitative estimate of drug-likeness (QED) is 0.198. The molecular formula is C18H39NaO4S. The molecule has 0 aromatic carbocycles. The molecule has 24 heavy (non-hydrogen) atoms. The van der Waals surface area contributed by atoms with Crippen LogP contribution < -0.4 is 0 Å². The first-order chi connectivity index (χ1) is 11.1. The monoisotopic (exact) mass is 374 g/mol. The van der Waals surface area contributed by atoms with Crippen LogP contribution in [0.3, 0.4) is 0 Å². The number of unbranched alkanes of at least 4 members (excludes halogenated alkanes) is 15. The second kappa shape index (κ2) is 20.2. The van der Waals surface area contributed by atoms with E-state index in [1.807, 2.05) is 0 Å². The van der Waals surface area contributed by atoms with Gasteiger partial charge in [0.15, 0.2) is 0 Å². The maximum absolute atomic E-state index is 10.3. The molecule has 0 aliphatic rings. The zero-order valence-electron chi connectivity index (χ0n) is 15.1. The summed E-state index contributed by atoms with van der Waals surface area (Å²) in [5.74, 6) is 0. The van der Waals surface area contributed by atoms with Gasteiger partial charge >= 0.3 is 40.0 Å². The molecule has 0 radical (unpaired) electrons. The second-order valence-electron chi connectivity index (χ2n) is 6.55. The molecule has 0 unspecified atom stereocenters. The van der Waals surface area contributed by atoms with Gasteiger partial charge in [0, 0.05) is 0 Å². The first-order valence-electron chi connectivity index (χ1n) is 9.68. The third-order valence-corrected chi connectivity index (χ3v) is 4.69. The summed E-state index contributed by atoms with van der Waals surface area (Å²) in [6.07, 6.45) is 20.5. The normalized spacial score (nSPS) is 11.4. The molecule has 0 rings (SSSR count). The van der Waals surface area contributed by atoms with E-state index in [1.165, 1.54) is 83.5 Å². The van der Waals surface area contributed by atoms with Crippen LogP contribution in [-0.4, -0.2) is 49.1 Å². The maximum atomic E-state index is 10.3. The van der Waals surface area contributed by atoms with Gasteiger partial charge in [0.25, 0.3) is 0 Å². The Labute approximate surface area is 172 Å². The van der Waals surface area contributed by atoms with E-state index in [0.717, 1.165) is 12.8 Å². The molecule has 0 aromatic heterocycles. The van der Waals surface area contributed by atoms with Crippen LogP contribution in [0.15, 0.2) is 0 Å². The van der Waals surface area contributed by atoms with Crippen molar-refractivity contribution in [1.82, 2.24) is 0 Å². The van der Waals surface area contributed by atoms with Gasteiger partial charge in [-0.15, -0.1) is 0 Å². The van der Waals surface area contributed by atoms with E-state index in [4.69, 9.17) is 4.55 Å². The standard InChI is InChI=1S/C18H38O4S.Na.H/c1-2-3-4-5-6-7-8-9-10-11-12-13-14-15-16-17-18-22-23(19,20)21;;/h2-18H2,1H3,(H,19,20,21);;.